The molecule has 0 aliphatic carbocycles. The number of benzene rings is 2. The smallest absolute Gasteiger partial charge is 0.372 e. The van der Waals surface area contributed by atoms with E-state index in [2.05, 4.69) is 0 Å². The van der Waals surface area contributed by atoms with E-state index in [0.29, 0.717) is 35.5 Å². The van der Waals surface area contributed by atoms with Crippen molar-refractivity contribution in [3.05, 3.63) is 59.4 Å². The maximum atomic E-state index is 11.2. The lowest BCUT2D eigenvalue weighted by atomic mass is 10.1. The van der Waals surface area contributed by atoms with Crippen LogP contribution < -0.4 is 9.47 Å². The highest BCUT2D eigenvalue weighted by molar-refractivity contribution is 5.97. The molecule has 3 aromatic rings. The number of carboxylic acids is 1. The molecular weight excluding hydrogens is 308 g/mol. The van der Waals surface area contributed by atoms with Gasteiger partial charge in [0.25, 0.3) is 0 Å². The number of furan rings is 1. The Kier molecular flexibility index (Phi) is 4.42. The third kappa shape index (κ3) is 3.20. The standard InChI is InChI=1S/C19H18O5/c1-12-6-8-14(9-7-12)22-10-11-23-15-4-3-5-16-17(15)13(2)18(24-16)19(20)21/h3-9H,10-11H2,1-2H3,(H,20,21). The molecule has 0 saturated carbocycles. The fourth-order valence-electron chi connectivity index (χ4n) is 2.54. The average Bonchev–Trinajstić information content (AvgIpc) is 2.91. The second-order valence-electron chi connectivity index (χ2n) is 5.50. The number of carbonyl (C=O) groups is 1. The third-order valence-electron chi connectivity index (χ3n) is 3.74. The molecule has 0 aliphatic rings. The van der Waals surface area contributed by atoms with Crippen molar-refractivity contribution in [2.45, 2.75) is 13.8 Å². The minimum atomic E-state index is -1.09. The number of fused-ring (bicyclic) bond motifs is 1. The highest BCUT2D eigenvalue weighted by atomic mass is 16.5. The van der Waals surface area contributed by atoms with Crippen LogP contribution in [0, 0.1) is 13.8 Å². The van der Waals surface area contributed by atoms with E-state index >= 15 is 0 Å². The molecule has 24 heavy (non-hydrogen) atoms. The molecule has 0 amide bonds. The van der Waals surface area contributed by atoms with E-state index in [-0.39, 0.29) is 5.76 Å². The van der Waals surface area contributed by atoms with Crippen molar-refractivity contribution in [3.8, 4) is 11.5 Å². The molecule has 1 N–H and O–H groups in total. The molecule has 0 unspecified atom stereocenters. The molecule has 0 bridgehead atoms. The fourth-order valence-corrected chi connectivity index (χ4v) is 2.54. The van der Waals surface area contributed by atoms with Gasteiger partial charge in [-0.2, -0.15) is 0 Å². The van der Waals surface area contributed by atoms with E-state index in [1.54, 1.807) is 25.1 Å². The predicted octanol–water partition coefficient (Wildman–Crippen LogP) is 4.21. The highest BCUT2D eigenvalue weighted by Gasteiger charge is 2.19. The monoisotopic (exact) mass is 326 g/mol. The zero-order valence-corrected chi connectivity index (χ0v) is 13.5. The van der Waals surface area contributed by atoms with Gasteiger partial charge in [0.2, 0.25) is 5.76 Å². The largest absolute Gasteiger partial charge is 0.490 e. The van der Waals surface area contributed by atoms with E-state index < -0.39 is 5.97 Å². The molecule has 0 saturated heterocycles. The summed E-state index contributed by atoms with van der Waals surface area (Å²) in [6.07, 6.45) is 0. The highest BCUT2D eigenvalue weighted by Crippen LogP contribution is 2.33. The molecule has 0 spiro atoms. The first-order valence-electron chi connectivity index (χ1n) is 7.64. The first-order chi connectivity index (χ1) is 11.6. The minimum absolute atomic E-state index is 0.0584. The van der Waals surface area contributed by atoms with Crippen molar-refractivity contribution in [1.29, 1.82) is 0 Å². The Morgan fingerprint density at radius 2 is 1.75 bits per heavy atom. The molecule has 0 aliphatic heterocycles. The van der Waals surface area contributed by atoms with Gasteiger partial charge in [-0.3, -0.25) is 0 Å². The Morgan fingerprint density at radius 1 is 1.04 bits per heavy atom. The molecule has 2 aromatic carbocycles. The number of rotatable bonds is 6. The van der Waals surface area contributed by atoms with Crippen LogP contribution in [-0.2, 0) is 0 Å². The maximum Gasteiger partial charge on any atom is 0.372 e. The van der Waals surface area contributed by atoms with Gasteiger partial charge in [-0.05, 0) is 38.1 Å². The molecule has 1 aromatic heterocycles. The Labute approximate surface area is 139 Å². The summed E-state index contributed by atoms with van der Waals surface area (Å²) in [7, 11) is 0. The number of carboxylic acid groups (broad SMARTS) is 1. The van der Waals surface area contributed by atoms with Crippen molar-refractivity contribution in [1.82, 2.24) is 0 Å². The van der Waals surface area contributed by atoms with Gasteiger partial charge in [0.1, 0.15) is 30.3 Å². The third-order valence-corrected chi connectivity index (χ3v) is 3.74. The van der Waals surface area contributed by atoms with Crippen LogP contribution in [0.25, 0.3) is 11.0 Å². The van der Waals surface area contributed by atoms with Crippen LogP contribution in [0.15, 0.2) is 46.9 Å². The van der Waals surface area contributed by atoms with Crippen LogP contribution in [0.4, 0.5) is 0 Å². The molecular formula is C19H18O5. The number of hydrogen-bond donors (Lipinski definition) is 1. The Balaban J connectivity index is 1.69. The lowest BCUT2D eigenvalue weighted by Crippen LogP contribution is -2.09. The normalized spacial score (nSPS) is 10.8. The van der Waals surface area contributed by atoms with Crippen molar-refractivity contribution >= 4 is 16.9 Å². The SMILES string of the molecule is Cc1ccc(OCCOc2cccc3oc(C(=O)O)c(C)c23)cc1. The summed E-state index contributed by atoms with van der Waals surface area (Å²) in [5.74, 6) is 0.234. The summed E-state index contributed by atoms with van der Waals surface area (Å²) < 4.78 is 16.8. The van der Waals surface area contributed by atoms with Gasteiger partial charge in [0.15, 0.2) is 0 Å². The van der Waals surface area contributed by atoms with E-state index in [1.165, 1.54) is 5.56 Å². The summed E-state index contributed by atoms with van der Waals surface area (Å²) in [6.45, 7) is 4.47. The lowest BCUT2D eigenvalue weighted by Gasteiger charge is -2.09. The van der Waals surface area contributed by atoms with Crippen molar-refractivity contribution in [3.63, 3.8) is 0 Å². The first-order valence-corrected chi connectivity index (χ1v) is 7.64. The van der Waals surface area contributed by atoms with Crippen LogP contribution in [0.3, 0.4) is 0 Å². The van der Waals surface area contributed by atoms with Crippen molar-refractivity contribution < 1.29 is 23.8 Å². The van der Waals surface area contributed by atoms with Crippen LogP contribution in [0.2, 0.25) is 0 Å². The average molecular weight is 326 g/mol. The maximum absolute atomic E-state index is 11.2. The van der Waals surface area contributed by atoms with Crippen LogP contribution in [0.1, 0.15) is 21.7 Å². The molecule has 1 heterocycles. The summed E-state index contributed by atoms with van der Waals surface area (Å²) in [5, 5.41) is 9.85. The number of hydrogen-bond acceptors (Lipinski definition) is 4. The van der Waals surface area contributed by atoms with Gasteiger partial charge < -0.3 is 19.0 Å². The van der Waals surface area contributed by atoms with E-state index in [4.69, 9.17) is 19.0 Å². The summed E-state index contributed by atoms with van der Waals surface area (Å²) in [6, 6.07) is 13.1. The van der Waals surface area contributed by atoms with E-state index in [1.807, 2.05) is 31.2 Å². The van der Waals surface area contributed by atoms with Crippen LogP contribution in [0.5, 0.6) is 11.5 Å². The molecule has 0 atom stereocenters. The number of aryl methyl sites for hydroxylation is 2. The second-order valence-corrected chi connectivity index (χ2v) is 5.50. The van der Waals surface area contributed by atoms with Gasteiger partial charge in [-0.15, -0.1) is 0 Å². The van der Waals surface area contributed by atoms with Crippen molar-refractivity contribution in [2.24, 2.45) is 0 Å². The minimum Gasteiger partial charge on any atom is -0.490 e. The Bertz CT molecular complexity index is 861. The molecule has 0 radical (unpaired) electrons. The number of ether oxygens (including phenoxy) is 2. The molecule has 5 heteroatoms. The zero-order chi connectivity index (χ0) is 17.1. The van der Waals surface area contributed by atoms with E-state index in [0.717, 1.165) is 5.75 Å². The number of aromatic carboxylic acids is 1. The van der Waals surface area contributed by atoms with E-state index in [9.17, 15) is 4.79 Å². The van der Waals surface area contributed by atoms with Gasteiger partial charge in [-0.25, -0.2) is 4.79 Å². The van der Waals surface area contributed by atoms with Crippen LogP contribution >= 0.6 is 0 Å². The summed E-state index contributed by atoms with van der Waals surface area (Å²) in [4.78, 5) is 11.2. The molecule has 124 valence electrons. The quantitative estimate of drug-likeness (QED) is 0.687. The van der Waals surface area contributed by atoms with Gasteiger partial charge in [-0.1, -0.05) is 23.8 Å². The van der Waals surface area contributed by atoms with Gasteiger partial charge >= 0.3 is 5.97 Å². The molecule has 3 rings (SSSR count). The van der Waals surface area contributed by atoms with Crippen molar-refractivity contribution in [2.75, 3.05) is 13.2 Å². The zero-order valence-electron chi connectivity index (χ0n) is 13.5. The van der Waals surface area contributed by atoms with Gasteiger partial charge in [0.05, 0.1) is 5.39 Å². The predicted molar refractivity (Wildman–Crippen MR) is 90.1 cm³/mol. The lowest BCUT2D eigenvalue weighted by molar-refractivity contribution is 0.0664. The Hall–Kier alpha value is -2.95. The topological polar surface area (TPSA) is 68.9 Å². The summed E-state index contributed by atoms with van der Waals surface area (Å²) >= 11 is 0. The summed E-state index contributed by atoms with van der Waals surface area (Å²) in [5.41, 5.74) is 2.24. The molecule has 5 nitrogen and oxygen atoms in total. The fraction of sp³-hybridized carbons (Fsp3) is 0.211. The Morgan fingerprint density at radius 3 is 2.46 bits per heavy atom. The van der Waals surface area contributed by atoms with Gasteiger partial charge in [0, 0.05) is 5.56 Å². The van der Waals surface area contributed by atoms with Crippen LogP contribution in [-0.4, -0.2) is 24.3 Å². The second kappa shape index (κ2) is 6.66. The first kappa shape index (κ1) is 15.9. The molecule has 0 fully saturated rings.